The van der Waals surface area contributed by atoms with Crippen molar-refractivity contribution in [3.05, 3.63) is 63.0 Å². The molecule has 0 aliphatic rings. The topological polar surface area (TPSA) is 68.0 Å². The number of aryl methyl sites for hydroxylation is 1. The van der Waals surface area contributed by atoms with Crippen LogP contribution in [0.4, 0.5) is 0 Å². The average Bonchev–Trinajstić information content (AvgIpc) is 2.84. The van der Waals surface area contributed by atoms with Gasteiger partial charge < -0.3 is 9.40 Å². The molecule has 0 aliphatic heterocycles. The number of nitrogens with zero attached hydrogens (tertiary/aromatic N) is 1. The van der Waals surface area contributed by atoms with Crippen LogP contribution in [0.15, 0.2) is 50.6 Å². The van der Waals surface area contributed by atoms with Crippen molar-refractivity contribution in [2.75, 3.05) is 0 Å². The summed E-state index contributed by atoms with van der Waals surface area (Å²) in [6.45, 7) is 1.84. The maximum absolute atomic E-state index is 12.3. The second kappa shape index (κ2) is 3.73. The molecule has 0 bridgehead atoms. The summed E-state index contributed by atoms with van der Waals surface area (Å²) in [5, 5.41) is 0.464. The molecule has 1 aromatic carbocycles. The van der Waals surface area contributed by atoms with E-state index in [9.17, 15) is 9.59 Å². The molecule has 0 saturated heterocycles. The summed E-state index contributed by atoms with van der Waals surface area (Å²) in [6.07, 6.45) is 1.42. The Bertz CT molecular complexity index is 826. The molecule has 5 nitrogen and oxygen atoms in total. The first-order valence-corrected chi connectivity index (χ1v) is 5.47. The van der Waals surface area contributed by atoms with E-state index in [1.807, 2.05) is 13.0 Å². The van der Waals surface area contributed by atoms with Gasteiger partial charge in [0.15, 0.2) is 0 Å². The number of furan rings is 1. The van der Waals surface area contributed by atoms with E-state index in [4.69, 9.17) is 4.42 Å². The second-order valence-electron chi connectivity index (χ2n) is 4.02. The molecular formula is C13H10N2O3. The summed E-state index contributed by atoms with van der Waals surface area (Å²) in [7, 11) is 0. The Hall–Kier alpha value is -2.56. The van der Waals surface area contributed by atoms with Crippen molar-refractivity contribution < 1.29 is 4.42 Å². The van der Waals surface area contributed by atoms with Crippen LogP contribution >= 0.6 is 0 Å². The van der Waals surface area contributed by atoms with Gasteiger partial charge in [-0.05, 0) is 24.6 Å². The van der Waals surface area contributed by atoms with E-state index in [1.165, 1.54) is 6.26 Å². The highest BCUT2D eigenvalue weighted by Gasteiger charge is 2.11. The average molecular weight is 242 g/mol. The van der Waals surface area contributed by atoms with E-state index >= 15 is 0 Å². The normalized spacial score (nSPS) is 10.9. The Balaban J connectivity index is 2.50. The van der Waals surface area contributed by atoms with Gasteiger partial charge in [-0.25, -0.2) is 4.79 Å². The summed E-state index contributed by atoms with van der Waals surface area (Å²) in [5.74, 6) is 0.213. The van der Waals surface area contributed by atoms with Gasteiger partial charge in [-0.2, -0.15) is 4.57 Å². The summed E-state index contributed by atoms with van der Waals surface area (Å²) < 4.78 is 6.09. The minimum Gasteiger partial charge on any atom is -0.448 e. The molecule has 2 aromatic heterocycles. The molecule has 0 atom stereocenters. The monoisotopic (exact) mass is 242 g/mol. The van der Waals surface area contributed by atoms with Gasteiger partial charge >= 0.3 is 5.69 Å². The van der Waals surface area contributed by atoms with Gasteiger partial charge in [-0.15, -0.1) is 0 Å². The van der Waals surface area contributed by atoms with Crippen LogP contribution < -0.4 is 11.2 Å². The number of aromatic nitrogens is 2. The second-order valence-corrected chi connectivity index (χ2v) is 4.02. The highest BCUT2D eigenvalue weighted by atomic mass is 16.3. The SMILES string of the molecule is Cc1cccc2c(=O)n(-c3ccco3)c(=O)[nH]c12. The molecule has 5 heteroatoms. The van der Waals surface area contributed by atoms with E-state index in [2.05, 4.69) is 4.98 Å². The number of rotatable bonds is 1. The van der Waals surface area contributed by atoms with Crippen LogP contribution in [0.3, 0.4) is 0 Å². The molecule has 0 radical (unpaired) electrons. The Morgan fingerprint density at radius 2 is 2.00 bits per heavy atom. The zero-order valence-corrected chi connectivity index (χ0v) is 9.64. The van der Waals surface area contributed by atoms with E-state index < -0.39 is 5.69 Å². The fraction of sp³-hybridized carbons (Fsp3) is 0.0769. The lowest BCUT2D eigenvalue weighted by Gasteiger charge is -2.04. The summed E-state index contributed by atoms with van der Waals surface area (Å²) in [5.41, 5.74) is 0.535. The van der Waals surface area contributed by atoms with Crippen molar-refractivity contribution in [3.63, 3.8) is 0 Å². The standard InChI is InChI=1S/C13H10N2O3/c1-8-4-2-5-9-11(8)14-13(17)15(12(9)16)10-6-3-7-18-10/h2-7H,1H3,(H,14,17). The first kappa shape index (κ1) is 10.6. The fourth-order valence-electron chi connectivity index (χ4n) is 1.98. The molecule has 3 rings (SSSR count). The van der Waals surface area contributed by atoms with Gasteiger partial charge in [-0.1, -0.05) is 12.1 Å². The van der Waals surface area contributed by atoms with Crippen molar-refractivity contribution in [1.82, 2.24) is 9.55 Å². The quantitative estimate of drug-likeness (QED) is 0.704. The highest BCUT2D eigenvalue weighted by Crippen LogP contribution is 2.11. The Morgan fingerprint density at radius 1 is 1.17 bits per heavy atom. The van der Waals surface area contributed by atoms with E-state index in [-0.39, 0.29) is 11.4 Å². The number of hydrogen-bond donors (Lipinski definition) is 1. The summed E-state index contributed by atoms with van der Waals surface area (Å²) in [6, 6.07) is 8.50. The third-order valence-electron chi connectivity index (χ3n) is 2.87. The fourth-order valence-corrected chi connectivity index (χ4v) is 1.98. The lowest BCUT2D eigenvalue weighted by Crippen LogP contribution is -2.33. The number of benzene rings is 1. The molecular weight excluding hydrogens is 232 g/mol. The number of nitrogens with one attached hydrogen (secondary N) is 1. The van der Waals surface area contributed by atoms with Crippen molar-refractivity contribution in [1.29, 1.82) is 0 Å². The van der Waals surface area contributed by atoms with Crippen LogP contribution in [-0.4, -0.2) is 9.55 Å². The smallest absolute Gasteiger partial charge is 0.335 e. The van der Waals surface area contributed by atoms with Gasteiger partial charge in [0.05, 0.1) is 17.2 Å². The largest absolute Gasteiger partial charge is 0.448 e. The third kappa shape index (κ3) is 1.41. The molecule has 0 aliphatic carbocycles. The molecule has 0 saturated carbocycles. The lowest BCUT2D eigenvalue weighted by atomic mass is 10.1. The van der Waals surface area contributed by atoms with Gasteiger partial charge in [0, 0.05) is 6.07 Å². The van der Waals surface area contributed by atoms with Crippen LogP contribution in [0, 0.1) is 6.92 Å². The number of para-hydroxylation sites is 1. The number of fused-ring (bicyclic) bond motifs is 1. The molecule has 0 unspecified atom stereocenters. The minimum absolute atomic E-state index is 0.213. The molecule has 0 spiro atoms. The number of aromatic amines is 1. The minimum atomic E-state index is -0.503. The van der Waals surface area contributed by atoms with Crippen LogP contribution in [-0.2, 0) is 0 Å². The Morgan fingerprint density at radius 3 is 2.72 bits per heavy atom. The van der Waals surface area contributed by atoms with Gasteiger partial charge in [0.2, 0.25) is 5.88 Å². The van der Waals surface area contributed by atoms with Crippen LogP contribution in [0.5, 0.6) is 0 Å². The Kier molecular flexibility index (Phi) is 2.19. The van der Waals surface area contributed by atoms with E-state index in [0.717, 1.165) is 10.1 Å². The van der Waals surface area contributed by atoms with Crippen LogP contribution in [0.25, 0.3) is 16.8 Å². The molecule has 3 aromatic rings. The maximum Gasteiger partial charge on any atom is 0.335 e. The molecule has 0 amide bonds. The summed E-state index contributed by atoms with van der Waals surface area (Å²) in [4.78, 5) is 26.9. The Labute approximate surface area is 101 Å². The van der Waals surface area contributed by atoms with Gasteiger partial charge in [-0.3, -0.25) is 4.79 Å². The maximum atomic E-state index is 12.3. The molecule has 0 fully saturated rings. The molecule has 90 valence electrons. The third-order valence-corrected chi connectivity index (χ3v) is 2.87. The van der Waals surface area contributed by atoms with Gasteiger partial charge in [0.1, 0.15) is 0 Å². The summed E-state index contributed by atoms with van der Waals surface area (Å²) >= 11 is 0. The first-order valence-electron chi connectivity index (χ1n) is 5.47. The predicted molar refractivity (Wildman–Crippen MR) is 67.2 cm³/mol. The van der Waals surface area contributed by atoms with Crippen molar-refractivity contribution in [2.24, 2.45) is 0 Å². The lowest BCUT2D eigenvalue weighted by molar-refractivity contribution is 0.528. The number of H-pyrrole nitrogens is 1. The van der Waals surface area contributed by atoms with Crippen LogP contribution in [0.1, 0.15) is 5.56 Å². The van der Waals surface area contributed by atoms with Gasteiger partial charge in [0.25, 0.3) is 5.56 Å². The number of hydrogen-bond acceptors (Lipinski definition) is 3. The first-order chi connectivity index (χ1) is 8.68. The zero-order chi connectivity index (χ0) is 12.7. The highest BCUT2D eigenvalue weighted by molar-refractivity contribution is 5.80. The van der Waals surface area contributed by atoms with Crippen molar-refractivity contribution >= 4 is 10.9 Å². The molecule has 18 heavy (non-hydrogen) atoms. The molecule has 2 heterocycles. The van der Waals surface area contributed by atoms with E-state index in [0.29, 0.717) is 10.9 Å². The molecule has 1 N–H and O–H groups in total. The zero-order valence-electron chi connectivity index (χ0n) is 9.64. The van der Waals surface area contributed by atoms with E-state index in [1.54, 1.807) is 24.3 Å². The van der Waals surface area contributed by atoms with Crippen molar-refractivity contribution in [2.45, 2.75) is 6.92 Å². The van der Waals surface area contributed by atoms with Crippen LogP contribution in [0.2, 0.25) is 0 Å². The predicted octanol–water partition coefficient (Wildman–Crippen LogP) is 1.58. The van der Waals surface area contributed by atoms with Crippen molar-refractivity contribution in [3.8, 4) is 5.88 Å².